The highest BCUT2D eigenvalue weighted by Gasteiger charge is 2.37. The van der Waals surface area contributed by atoms with E-state index in [0.29, 0.717) is 12.0 Å². The summed E-state index contributed by atoms with van der Waals surface area (Å²) in [5.74, 6) is -1.58. The number of amides is 3. The average molecular weight is 524 g/mol. The zero-order chi connectivity index (χ0) is 27.5. The van der Waals surface area contributed by atoms with Gasteiger partial charge in [0.2, 0.25) is 11.8 Å². The number of carbonyl (C=O) groups excluding carboxylic acids is 4. The summed E-state index contributed by atoms with van der Waals surface area (Å²) in [7, 11) is 1.23. The first-order valence-electron chi connectivity index (χ1n) is 12.2. The van der Waals surface area contributed by atoms with Crippen molar-refractivity contribution in [1.82, 2.24) is 15.5 Å². The number of alkyl carbamates (subject to hydrolysis) is 1. The fourth-order valence-electron chi connectivity index (χ4n) is 3.75. The standard InChI is InChI=1S/C26H41N3O6S/c1-8-9-10-14-29(24(32)19(16-36)28-25(33)35-26(4,5)6)22(23(31)27-15-20(30)34-7)21-17(2)12-11-13-18(21)3/h11-13,19,22,36H,8-10,14-16H2,1-7H3,(H,27,31)(H,28,33). The second-order valence-corrected chi connectivity index (χ2v) is 9.99. The molecule has 202 valence electrons. The molecule has 0 fully saturated rings. The van der Waals surface area contributed by atoms with Crippen LogP contribution in [0.2, 0.25) is 0 Å². The van der Waals surface area contributed by atoms with Crippen molar-refractivity contribution in [2.24, 2.45) is 0 Å². The zero-order valence-electron chi connectivity index (χ0n) is 22.5. The number of aryl methyl sites for hydroxylation is 2. The normalized spacial score (nSPS) is 12.8. The van der Waals surface area contributed by atoms with Crippen molar-refractivity contribution in [1.29, 1.82) is 0 Å². The maximum absolute atomic E-state index is 13.8. The molecule has 0 heterocycles. The predicted octanol–water partition coefficient (Wildman–Crippen LogP) is 3.48. The lowest BCUT2D eigenvalue weighted by atomic mass is 9.93. The minimum atomic E-state index is -1.02. The number of unbranched alkanes of at least 4 members (excludes halogenated alkanes) is 2. The van der Waals surface area contributed by atoms with Gasteiger partial charge in [0.25, 0.3) is 0 Å². The van der Waals surface area contributed by atoms with E-state index in [-0.39, 0.29) is 18.8 Å². The van der Waals surface area contributed by atoms with Crippen molar-refractivity contribution in [3.8, 4) is 0 Å². The number of thiol groups is 1. The highest BCUT2D eigenvalue weighted by atomic mass is 32.1. The Bertz CT molecular complexity index is 895. The number of esters is 1. The second-order valence-electron chi connectivity index (χ2n) is 9.62. The first-order chi connectivity index (χ1) is 16.9. The molecule has 10 heteroatoms. The van der Waals surface area contributed by atoms with Gasteiger partial charge in [0.05, 0.1) is 7.11 Å². The summed E-state index contributed by atoms with van der Waals surface area (Å²) < 4.78 is 9.98. The average Bonchev–Trinajstić information content (AvgIpc) is 2.80. The molecule has 0 saturated carbocycles. The highest BCUT2D eigenvalue weighted by Crippen LogP contribution is 2.29. The van der Waals surface area contributed by atoms with Crippen LogP contribution in [0.25, 0.3) is 0 Å². The molecule has 2 unspecified atom stereocenters. The van der Waals surface area contributed by atoms with Gasteiger partial charge in [-0.2, -0.15) is 12.6 Å². The summed E-state index contributed by atoms with van der Waals surface area (Å²) in [5.41, 5.74) is 1.57. The molecule has 3 amide bonds. The molecule has 0 saturated heterocycles. The Morgan fingerprint density at radius 3 is 2.19 bits per heavy atom. The van der Waals surface area contributed by atoms with Crippen LogP contribution in [0.1, 0.15) is 69.7 Å². The summed E-state index contributed by atoms with van der Waals surface area (Å²) in [6.45, 7) is 10.9. The van der Waals surface area contributed by atoms with E-state index in [1.54, 1.807) is 20.8 Å². The van der Waals surface area contributed by atoms with E-state index >= 15 is 0 Å². The van der Waals surface area contributed by atoms with Gasteiger partial charge in [-0.05, 0) is 57.7 Å². The van der Waals surface area contributed by atoms with Crippen LogP contribution in [0.3, 0.4) is 0 Å². The molecule has 0 aliphatic rings. The first-order valence-corrected chi connectivity index (χ1v) is 12.8. The number of hydrogen-bond acceptors (Lipinski definition) is 7. The van der Waals surface area contributed by atoms with Gasteiger partial charge < -0.3 is 25.0 Å². The van der Waals surface area contributed by atoms with E-state index in [1.807, 2.05) is 39.0 Å². The van der Waals surface area contributed by atoms with Gasteiger partial charge in [0, 0.05) is 12.3 Å². The Kier molecular flexibility index (Phi) is 12.8. The van der Waals surface area contributed by atoms with Crippen LogP contribution in [-0.4, -0.2) is 66.4 Å². The molecule has 0 radical (unpaired) electrons. The molecule has 0 aliphatic carbocycles. The van der Waals surface area contributed by atoms with Crippen molar-refractivity contribution in [2.45, 2.75) is 78.5 Å². The monoisotopic (exact) mass is 523 g/mol. The van der Waals surface area contributed by atoms with Gasteiger partial charge in [-0.3, -0.25) is 14.4 Å². The molecule has 0 bridgehead atoms. The van der Waals surface area contributed by atoms with Crippen LogP contribution >= 0.6 is 12.6 Å². The van der Waals surface area contributed by atoms with Crippen molar-refractivity contribution in [3.63, 3.8) is 0 Å². The molecule has 1 aromatic carbocycles. The van der Waals surface area contributed by atoms with Crippen LogP contribution in [0.5, 0.6) is 0 Å². The first kappa shape index (κ1) is 31.3. The van der Waals surface area contributed by atoms with E-state index in [2.05, 4.69) is 28.0 Å². The number of nitrogens with one attached hydrogen (secondary N) is 2. The van der Waals surface area contributed by atoms with E-state index < -0.39 is 41.6 Å². The fourth-order valence-corrected chi connectivity index (χ4v) is 4.00. The van der Waals surface area contributed by atoms with Gasteiger partial charge >= 0.3 is 12.1 Å². The third kappa shape index (κ3) is 9.72. The van der Waals surface area contributed by atoms with Crippen LogP contribution in [0.15, 0.2) is 18.2 Å². The van der Waals surface area contributed by atoms with Gasteiger partial charge in [-0.25, -0.2) is 4.79 Å². The number of benzene rings is 1. The molecule has 0 aromatic heterocycles. The van der Waals surface area contributed by atoms with Gasteiger partial charge in [-0.1, -0.05) is 38.0 Å². The third-order valence-electron chi connectivity index (χ3n) is 5.47. The van der Waals surface area contributed by atoms with Crippen LogP contribution < -0.4 is 10.6 Å². The molecule has 1 aromatic rings. The van der Waals surface area contributed by atoms with Gasteiger partial charge in [0.15, 0.2) is 0 Å². The number of methoxy groups -OCH3 is 1. The molecular weight excluding hydrogens is 482 g/mol. The Morgan fingerprint density at radius 2 is 1.69 bits per heavy atom. The van der Waals surface area contributed by atoms with Crippen molar-refractivity contribution in [2.75, 3.05) is 26.0 Å². The second kappa shape index (κ2) is 14.7. The number of ether oxygens (including phenoxy) is 2. The minimum Gasteiger partial charge on any atom is -0.468 e. The van der Waals surface area contributed by atoms with E-state index in [9.17, 15) is 19.2 Å². The summed E-state index contributed by atoms with van der Waals surface area (Å²) >= 11 is 4.29. The van der Waals surface area contributed by atoms with E-state index in [1.165, 1.54) is 12.0 Å². The van der Waals surface area contributed by atoms with E-state index in [0.717, 1.165) is 24.0 Å². The number of carbonyl (C=O) groups is 4. The lowest BCUT2D eigenvalue weighted by Gasteiger charge is -2.35. The Balaban J connectivity index is 3.48. The summed E-state index contributed by atoms with van der Waals surface area (Å²) in [6.07, 6.45) is 1.66. The molecule has 2 N–H and O–H groups in total. The molecule has 2 atom stereocenters. The zero-order valence-corrected chi connectivity index (χ0v) is 23.4. The summed E-state index contributed by atoms with van der Waals surface area (Å²) in [6, 6.07) is 3.56. The highest BCUT2D eigenvalue weighted by molar-refractivity contribution is 7.80. The maximum Gasteiger partial charge on any atom is 0.408 e. The molecule has 9 nitrogen and oxygen atoms in total. The topological polar surface area (TPSA) is 114 Å². The minimum absolute atomic E-state index is 0.00556. The lowest BCUT2D eigenvalue weighted by molar-refractivity contribution is -0.144. The third-order valence-corrected chi connectivity index (χ3v) is 5.83. The number of rotatable bonds is 12. The Morgan fingerprint density at radius 1 is 1.08 bits per heavy atom. The summed E-state index contributed by atoms with van der Waals surface area (Å²) in [4.78, 5) is 53.0. The van der Waals surface area contributed by atoms with Gasteiger partial charge in [0.1, 0.15) is 24.2 Å². The van der Waals surface area contributed by atoms with Crippen LogP contribution in [-0.2, 0) is 23.9 Å². The smallest absolute Gasteiger partial charge is 0.408 e. The molecule has 0 spiro atoms. The Labute approximate surface area is 220 Å². The molecule has 36 heavy (non-hydrogen) atoms. The van der Waals surface area contributed by atoms with Crippen LogP contribution in [0, 0.1) is 13.8 Å². The maximum atomic E-state index is 13.8. The lowest BCUT2D eigenvalue weighted by Crippen LogP contribution is -2.54. The van der Waals surface area contributed by atoms with Crippen molar-refractivity contribution < 1.29 is 28.7 Å². The molecule has 0 aliphatic heterocycles. The Hall–Kier alpha value is -2.75. The quantitative estimate of drug-likeness (QED) is 0.220. The predicted molar refractivity (Wildman–Crippen MR) is 142 cm³/mol. The SMILES string of the molecule is CCCCCN(C(=O)C(CS)NC(=O)OC(C)(C)C)C(C(=O)NCC(=O)OC)c1c(C)cccc1C. The van der Waals surface area contributed by atoms with Gasteiger partial charge in [-0.15, -0.1) is 0 Å². The summed E-state index contributed by atoms with van der Waals surface area (Å²) in [5, 5.41) is 5.20. The fraction of sp³-hybridized carbons (Fsp3) is 0.615. The number of hydrogen-bond donors (Lipinski definition) is 3. The van der Waals surface area contributed by atoms with E-state index in [4.69, 9.17) is 4.74 Å². The number of nitrogens with zero attached hydrogens (tertiary/aromatic N) is 1. The largest absolute Gasteiger partial charge is 0.468 e. The van der Waals surface area contributed by atoms with Crippen molar-refractivity contribution >= 4 is 36.5 Å². The molecular formula is C26H41N3O6S. The molecule has 1 rings (SSSR count). The van der Waals surface area contributed by atoms with Crippen LogP contribution in [0.4, 0.5) is 4.79 Å². The van der Waals surface area contributed by atoms with Crippen molar-refractivity contribution in [3.05, 3.63) is 34.9 Å².